The van der Waals surface area contributed by atoms with Crippen molar-refractivity contribution in [2.45, 2.75) is 45.3 Å². The minimum absolute atomic E-state index is 0.0483. The van der Waals surface area contributed by atoms with E-state index in [1.54, 1.807) is 30.3 Å². The molecule has 1 aliphatic rings. The van der Waals surface area contributed by atoms with Crippen LogP contribution >= 0.6 is 0 Å². The van der Waals surface area contributed by atoms with Crippen LogP contribution in [0, 0.1) is 11.3 Å². The first-order chi connectivity index (χ1) is 10.8. The maximum Gasteiger partial charge on any atom is 0.410 e. The Kier molecular flexibility index (Phi) is 5.09. The van der Waals surface area contributed by atoms with Crippen LogP contribution in [-0.2, 0) is 4.74 Å². The van der Waals surface area contributed by atoms with Crippen LogP contribution < -0.4 is 4.90 Å². The molecule has 1 aliphatic heterocycles. The number of piperidine rings is 1. The van der Waals surface area contributed by atoms with Crippen LogP contribution in [0.1, 0.15) is 39.2 Å². The Bertz CT molecular complexity index is 603. The van der Waals surface area contributed by atoms with Crippen molar-refractivity contribution in [1.82, 2.24) is 9.88 Å². The maximum atomic E-state index is 12.2. The topological polar surface area (TPSA) is 69.5 Å². The Labute approximate surface area is 137 Å². The third-order valence-corrected chi connectivity index (χ3v) is 3.83. The number of nitrogens with zero attached hydrogens (tertiary/aromatic N) is 4. The number of ether oxygens (including phenoxy) is 1. The summed E-state index contributed by atoms with van der Waals surface area (Å²) in [6.07, 6.45) is 3.24. The number of carbonyl (C=O) groups is 1. The van der Waals surface area contributed by atoms with Gasteiger partial charge in [0.05, 0.1) is 11.6 Å². The lowest BCUT2D eigenvalue weighted by atomic mass is 10.0. The molecule has 2 heterocycles. The van der Waals surface area contributed by atoms with Gasteiger partial charge in [0.1, 0.15) is 17.5 Å². The highest BCUT2D eigenvalue weighted by Crippen LogP contribution is 2.24. The van der Waals surface area contributed by atoms with Gasteiger partial charge in [-0.2, -0.15) is 5.26 Å². The Balaban J connectivity index is 2.09. The van der Waals surface area contributed by atoms with E-state index < -0.39 is 5.60 Å². The van der Waals surface area contributed by atoms with Gasteiger partial charge < -0.3 is 14.5 Å². The quantitative estimate of drug-likeness (QED) is 0.839. The van der Waals surface area contributed by atoms with Gasteiger partial charge in [-0.15, -0.1) is 0 Å². The molecule has 0 radical (unpaired) electrons. The normalized spacial score (nSPS) is 18.2. The molecule has 1 fully saturated rings. The molecule has 1 saturated heterocycles. The summed E-state index contributed by atoms with van der Waals surface area (Å²) in [6.45, 7) is 7.07. The second-order valence-electron chi connectivity index (χ2n) is 6.82. The zero-order valence-corrected chi connectivity index (χ0v) is 14.2. The van der Waals surface area contributed by atoms with Gasteiger partial charge in [-0.1, -0.05) is 0 Å². The molecule has 23 heavy (non-hydrogen) atoms. The van der Waals surface area contributed by atoms with Crippen LogP contribution in [0.3, 0.4) is 0 Å². The molecule has 1 amide bonds. The predicted molar refractivity (Wildman–Crippen MR) is 88.2 cm³/mol. The van der Waals surface area contributed by atoms with Crippen molar-refractivity contribution < 1.29 is 9.53 Å². The molecule has 2 rings (SSSR count). The van der Waals surface area contributed by atoms with Gasteiger partial charge >= 0.3 is 6.09 Å². The first kappa shape index (κ1) is 17.1. The average molecular weight is 316 g/mol. The number of hydrogen-bond acceptors (Lipinski definition) is 5. The third kappa shape index (κ3) is 4.35. The Morgan fingerprint density at radius 2 is 2.26 bits per heavy atom. The molecule has 1 aromatic heterocycles. The first-order valence-corrected chi connectivity index (χ1v) is 7.87. The van der Waals surface area contributed by atoms with Crippen LogP contribution in [-0.4, -0.2) is 47.8 Å². The zero-order chi connectivity index (χ0) is 17.0. The smallest absolute Gasteiger partial charge is 0.410 e. The summed E-state index contributed by atoms with van der Waals surface area (Å²) < 4.78 is 5.44. The summed E-state index contributed by atoms with van der Waals surface area (Å²) in [5, 5.41) is 9.24. The largest absolute Gasteiger partial charge is 0.444 e. The molecule has 124 valence electrons. The van der Waals surface area contributed by atoms with E-state index in [9.17, 15) is 10.1 Å². The lowest BCUT2D eigenvalue weighted by Crippen LogP contribution is -2.50. The summed E-state index contributed by atoms with van der Waals surface area (Å²) >= 11 is 0. The number of hydrogen-bond donors (Lipinski definition) is 0. The number of likely N-dealkylation sites (N-methyl/N-ethyl adjacent to an activating group) is 1. The third-order valence-electron chi connectivity index (χ3n) is 3.83. The van der Waals surface area contributed by atoms with Gasteiger partial charge in [0.15, 0.2) is 0 Å². The summed E-state index contributed by atoms with van der Waals surface area (Å²) in [6, 6.07) is 5.76. The van der Waals surface area contributed by atoms with Crippen molar-refractivity contribution in [2.24, 2.45) is 0 Å². The van der Waals surface area contributed by atoms with Crippen molar-refractivity contribution in [3.05, 3.63) is 23.9 Å². The van der Waals surface area contributed by atoms with Crippen molar-refractivity contribution in [2.75, 3.05) is 25.0 Å². The fourth-order valence-corrected chi connectivity index (χ4v) is 2.68. The van der Waals surface area contributed by atoms with E-state index in [-0.39, 0.29) is 12.1 Å². The SMILES string of the molecule is CN(C(=O)OC(C)(C)C)[C@H]1CCCN(c2ncccc2C#N)C1. The molecule has 0 bridgehead atoms. The van der Waals surface area contributed by atoms with Crippen molar-refractivity contribution >= 4 is 11.9 Å². The number of anilines is 1. The van der Waals surface area contributed by atoms with Crippen LogP contribution in [0.25, 0.3) is 0 Å². The van der Waals surface area contributed by atoms with Crippen molar-refractivity contribution in [1.29, 1.82) is 5.26 Å². The molecule has 0 N–H and O–H groups in total. The molecule has 0 spiro atoms. The van der Waals surface area contributed by atoms with E-state index >= 15 is 0 Å². The number of amides is 1. The fraction of sp³-hybridized carbons (Fsp3) is 0.588. The molecular weight excluding hydrogens is 292 g/mol. The molecule has 0 aromatic carbocycles. The van der Waals surface area contributed by atoms with Crippen molar-refractivity contribution in [3.63, 3.8) is 0 Å². The number of aromatic nitrogens is 1. The minimum atomic E-state index is -0.505. The van der Waals surface area contributed by atoms with Crippen LogP contribution in [0.4, 0.5) is 10.6 Å². The minimum Gasteiger partial charge on any atom is -0.444 e. The number of pyridine rings is 1. The van der Waals surface area contributed by atoms with Crippen molar-refractivity contribution in [3.8, 4) is 6.07 Å². The van der Waals surface area contributed by atoms with Crippen LogP contribution in [0.2, 0.25) is 0 Å². The summed E-state index contributed by atoms with van der Waals surface area (Å²) in [5.41, 5.74) is 0.0577. The lowest BCUT2D eigenvalue weighted by molar-refractivity contribution is 0.0209. The molecule has 1 atom stereocenters. The van der Waals surface area contributed by atoms with E-state index in [1.165, 1.54) is 0 Å². The Morgan fingerprint density at radius 3 is 2.91 bits per heavy atom. The van der Waals surface area contributed by atoms with Gasteiger partial charge in [-0.05, 0) is 45.7 Å². The Morgan fingerprint density at radius 1 is 1.52 bits per heavy atom. The second kappa shape index (κ2) is 6.86. The second-order valence-corrected chi connectivity index (χ2v) is 6.82. The highest BCUT2D eigenvalue weighted by Gasteiger charge is 2.30. The highest BCUT2D eigenvalue weighted by atomic mass is 16.6. The molecule has 6 heteroatoms. The first-order valence-electron chi connectivity index (χ1n) is 7.87. The average Bonchev–Trinajstić information content (AvgIpc) is 2.52. The molecule has 1 aromatic rings. The molecule has 0 unspecified atom stereocenters. The van der Waals surface area contributed by atoms with E-state index in [0.29, 0.717) is 17.9 Å². The molecule has 0 saturated carbocycles. The lowest BCUT2D eigenvalue weighted by Gasteiger charge is -2.38. The molecular formula is C17H24N4O2. The van der Waals surface area contributed by atoms with Gasteiger partial charge in [-0.3, -0.25) is 0 Å². The van der Waals surface area contributed by atoms with Gasteiger partial charge in [-0.25, -0.2) is 9.78 Å². The monoisotopic (exact) mass is 316 g/mol. The predicted octanol–water partition coefficient (Wildman–Crippen LogP) is 2.79. The summed E-state index contributed by atoms with van der Waals surface area (Å²) in [4.78, 5) is 20.3. The fourth-order valence-electron chi connectivity index (χ4n) is 2.68. The van der Waals surface area contributed by atoms with Gasteiger partial charge in [0.2, 0.25) is 0 Å². The Hall–Kier alpha value is -2.29. The van der Waals surface area contributed by atoms with Gasteiger partial charge in [0.25, 0.3) is 0 Å². The van der Waals surface area contributed by atoms with E-state index in [0.717, 1.165) is 19.4 Å². The summed E-state index contributed by atoms with van der Waals surface area (Å²) in [5.74, 6) is 0.692. The van der Waals surface area contributed by atoms with Crippen LogP contribution in [0.15, 0.2) is 18.3 Å². The zero-order valence-electron chi connectivity index (χ0n) is 14.2. The standard InChI is InChI=1S/C17H24N4O2/c1-17(2,3)23-16(22)20(4)14-8-6-10-21(12-14)15-13(11-18)7-5-9-19-15/h5,7,9,14H,6,8,10,12H2,1-4H3/t14-/m0/s1. The van der Waals surface area contributed by atoms with Crippen LogP contribution in [0.5, 0.6) is 0 Å². The number of carbonyl (C=O) groups excluding carboxylic acids is 1. The van der Waals surface area contributed by atoms with E-state index in [4.69, 9.17) is 4.74 Å². The molecule has 6 nitrogen and oxygen atoms in total. The molecule has 0 aliphatic carbocycles. The van der Waals surface area contributed by atoms with E-state index in [2.05, 4.69) is 16.0 Å². The number of nitriles is 1. The summed E-state index contributed by atoms with van der Waals surface area (Å²) in [7, 11) is 1.77. The van der Waals surface area contributed by atoms with E-state index in [1.807, 2.05) is 20.8 Å². The highest BCUT2D eigenvalue weighted by molar-refractivity contribution is 5.68. The van der Waals surface area contributed by atoms with Gasteiger partial charge in [0, 0.05) is 26.3 Å². The number of rotatable bonds is 2. The maximum absolute atomic E-state index is 12.2.